The summed E-state index contributed by atoms with van der Waals surface area (Å²) in [6.45, 7) is 3.17. The molecule has 4 heteroatoms. The second-order valence-electron chi connectivity index (χ2n) is 6.35. The summed E-state index contributed by atoms with van der Waals surface area (Å²) in [4.78, 5) is 4.13. The van der Waals surface area contributed by atoms with Crippen LogP contribution in [0.15, 0.2) is 49.1 Å². The van der Waals surface area contributed by atoms with Crippen LogP contribution >= 0.6 is 11.8 Å². The molecule has 0 aliphatic rings. The monoisotopic (exact) mass is 360 g/mol. The first-order valence-corrected chi connectivity index (χ1v) is 10.3. The minimum Gasteiger partial charge on any atom is -0.336 e. The lowest BCUT2D eigenvalue weighted by atomic mass is 10.1. The Morgan fingerprint density at radius 1 is 1.12 bits per heavy atom. The summed E-state index contributed by atoms with van der Waals surface area (Å²) in [5, 5.41) is 0.398. The van der Waals surface area contributed by atoms with E-state index in [2.05, 4.69) is 28.6 Å². The maximum Gasteiger partial charge on any atom is 0.123 e. The minimum atomic E-state index is -0.190. The highest BCUT2D eigenvalue weighted by molar-refractivity contribution is 8.00. The van der Waals surface area contributed by atoms with Crippen LogP contribution in [-0.2, 0) is 6.54 Å². The van der Waals surface area contributed by atoms with Crippen LogP contribution in [0.3, 0.4) is 0 Å². The van der Waals surface area contributed by atoms with E-state index >= 15 is 0 Å². The third-order valence-electron chi connectivity index (χ3n) is 4.15. The van der Waals surface area contributed by atoms with Gasteiger partial charge >= 0.3 is 0 Å². The van der Waals surface area contributed by atoms with Crippen molar-refractivity contribution >= 4 is 17.8 Å². The Morgan fingerprint density at radius 2 is 1.88 bits per heavy atom. The van der Waals surface area contributed by atoms with Crippen molar-refractivity contribution in [2.45, 2.75) is 57.2 Å². The molecule has 2 aromatic rings. The fourth-order valence-corrected chi connectivity index (χ4v) is 3.82. The molecular formula is C21H29FN2S. The van der Waals surface area contributed by atoms with Gasteiger partial charge in [0.25, 0.3) is 0 Å². The molecule has 2 rings (SSSR count). The van der Waals surface area contributed by atoms with E-state index in [4.69, 9.17) is 0 Å². The third-order valence-corrected chi connectivity index (χ3v) is 5.41. The normalized spacial score (nSPS) is 12.7. The Morgan fingerprint density at radius 3 is 2.60 bits per heavy atom. The Kier molecular flexibility index (Phi) is 9.42. The van der Waals surface area contributed by atoms with Crippen molar-refractivity contribution in [3.05, 3.63) is 60.4 Å². The smallest absolute Gasteiger partial charge is 0.123 e. The number of aromatic nitrogens is 2. The number of unbranched alkanes of at least 4 members (excludes halogenated alkanes) is 5. The molecule has 1 aromatic heterocycles. The molecule has 25 heavy (non-hydrogen) atoms. The highest BCUT2D eigenvalue weighted by atomic mass is 32.2. The van der Waals surface area contributed by atoms with Crippen molar-refractivity contribution in [2.75, 3.05) is 5.75 Å². The van der Waals surface area contributed by atoms with Gasteiger partial charge in [-0.25, -0.2) is 9.37 Å². The lowest BCUT2D eigenvalue weighted by Crippen LogP contribution is -2.10. The highest BCUT2D eigenvalue weighted by Gasteiger charge is 2.06. The number of hydrogen-bond donors (Lipinski definition) is 0. The van der Waals surface area contributed by atoms with Crippen LogP contribution < -0.4 is 0 Å². The molecule has 1 heterocycles. The maximum absolute atomic E-state index is 13.0. The number of imidazole rings is 1. The minimum absolute atomic E-state index is 0.190. The summed E-state index contributed by atoms with van der Waals surface area (Å²) in [5.41, 5.74) is 1.04. The molecule has 0 aliphatic carbocycles. The van der Waals surface area contributed by atoms with Crippen molar-refractivity contribution in [1.82, 2.24) is 9.55 Å². The SMILES string of the molecule is CCCCCCCCSC(C=Cc1ccc(F)cc1)Cn1ccnc1. The summed E-state index contributed by atoms with van der Waals surface area (Å²) in [7, 11) is 0. The molecule has 0 aliphatic heterocycles. The molecule has 1 aromatic carbocycles. The lowest BCUT2D eigenvalue weighted by molar-refractivity contribution is 0.626. The van der Waals surface area contributed by atoms with E-state index in [0.717, 1.165) is 12.1 Å². The zero-order valence-corrected chi connectivity index (χ0v) is 15.9. The van der Waals surface area contributed by atoms with E-state index in [1.165, 1.54) is 56.4 Å². The van der Waals surface area contributed by atoms with Gasteiger partial charge < -0.3 is 4.57 Å². The standard InChI is InChI=1S/C21H29FN2S/c1-2-3-4-5-6-7-16-25-21(17-24-15-14-23-18-24)13-10-19-8-11-20(22)12-9-19/h8-15,18,21H,2-7,16-17H2,1H3. The van der Waals surface area contributed by atoms with Crippen LogP contribution in [-0.4, -0.2) is 20.6 Å². The number of nitrogens with zero attached hydrogens (tertiary/aromatic N) is 2. The first-order valence-electron chi connectivity index (χ1n) is 9.29. The van der Waals surface area contributed by atoms with Gasteiger partial charge in [0.1, 0.15) is 5.82 Å². The van der Waals surface area contributed by atoms with Crippen molar-refractivity contribution in [3.8, 4) is 0 Å². The molecule has 0 bridgehead atoms. The number of hydrogen-bond acceptors (Lipinski definition) is 2. The lowest BCUT2D eigenvalue weighted by Gasteiger charge is -2.13. The van der Waals surface area contributed by atoms with E-state index in [9.17, 15) is 4.39 Å². The second kappa shape index (κ2) is 11.9. The molecule has 0 fully saturated rings. The maximum atomic E-state index is 13.0. The van der Waals surface area contributed by atoms with Crippen molar-refractivity contribution in [3.63, 3.8) is 0 Å². The fourth-order valence-electron chi connectivity index (χ4n) is 2.68. The number of thioether (sulfide) groups is 1. The van der Waals surface area contributed by atoms with E-state index in [1.54, 1.807) is 0 Å². The van der Waals surface area contributed by atoms with Gasteiger partial charge in [0.2, 0.25) is 0 Å². The third kappa shape index (κ3) is 8.39. The molecule has 0 saturated heterocycles. The molecule has 1 unspecified atom stereocenters. The van der Waals surface area contributed by atoms with E-state index in [-0.39, 0.29) is 5.82 Å². The van der Waals surface area contributed by atoms with Crippen molar-refractivity contribution in [2.24, 2.45) is 0 Å². The summed E-state index contributed by atoms with van der Waals surface area (Å²) >= 11 is 2.00. The topological polar surface area (TPSA) is 17.8 Å². The Labute approximate surface area is 155 Å². The van der Waals surface area contributed by atoms with Gasteiger partial charge in [-0.3, -0.25) is 0 Å². The van der Waals surface area contributed by atoms with Crippen LogP contribution in [0.4, 0.5) is 4.39 Å². The predicted octanol–water partition coefficient (Wildman–Crippen LogP) is 6.20. The quantitative estimate of drug-likeness (QED) is 0.419. The zero-order valence-electron chi connectivity index (χ0n) is 15.1. The van der Waals surface area contributed by atoms with Crippen LogP contribution in [0.1, 0.15) is 51.0 Å². The number of benzene rings is 1. The second-order valence-corrected chi connectivity index (χ2v) is 7.69. The average molecular weight is 361 g/mol. The molecule has 2 nitrogen and oxygen atoms in total. The molecule has 0 spiro atoms. The van der Waals surface area contributed by atoms with Gasteiger partial charge in [0.15, 0.2) is 0 Å². The fraction of sp³-hybridized carbons (Fsp3) is 0.476. The molecule has 0 N–H and O–H groups in total. The van der Waals surface area contributed by atoms with Gasteiger partial charge in [-0.15, -0.1) is 0 Å². The summed E-state index contributed by atoms with van der Waals surface area (Å²) in [6, 6.07) is 6.65. The van der Waals surface area contributed by atoms with Gasteiger partial charge in [0, 0.05) is 24.2 Å². The van der Waals surface area contributed by atoms with Gasteiger partial charge in [-0.1, -0.05) is 63.3 Å². The number of rotatable bonds is 12. The molecule has 0 amide bonds. The Hall–Kier alpha value is -1.55. The zero-order chi connectivity index (χ0) is 17.7. The van der Waals surface area contributed by atoms with Crippen LogP contribution in [0.25, 0.3) is 6.08 Å². The summed E-state index contributed by atoms with van der Waals surface area (Å²) in [6.07, 6.45) is 18.0. The number of halogens is 1. The van der Waals surface area contributed by atoms with Gasteiger partial charge in [-0.2, -0.15) is 11.8 Å². The molecule has 0 saturated carbocycles. The van der Waals surface area contributed by atoms with Gasteiger partial charge in [0.05, 0.1) is 6.33 Å². The van der Waals surface area contributed by atoms with E-state index < -0.39 is 0 Å². The first kappa shape index (κ1) is 19.8. The molecule has 0 radical (unpaired) electrons. The molecular weight excluding hydrogens is 331 g/mol. The van der Waals surface area contributed by atoms with E-state index in [0.29, 0.717) is 5.25 Å². The van der Waals surface area contributed by atoms with Crippen LogP contribution in [0, 0.1) is 5.82 Å². The summed E-state index contributed by atoms with van der Waals surface area (Å²) in [5.74, 6) is 0.990. The molecule has 1 atom stereocenters. The first-order chi connectivity index (χ1) is 12.3. The van der Waals surface area contributed by atoms with Crippen LogP contribution in [0.2, 0.25) is 0 Å². The Bertz CT molecular complexity index is 593. The van der Waals surface area contributed by atoms with Crippen molar-refractivity contribution in [1.29, 1.82) is 0 Å². The van der Waals surface area contributed by atoms with E-state index in [1.807, 2.05) is 42.6 Å². The Balaban J connectivity index is 1.81. The largest absolute Gasteiger partial charge is 0.336 e. The van der Waals surface area contributed by atoms with Crippen molar-refractivity contribution < 1.29 is 4.39 Å². The summed E-state index contributed by atoms with van der Waals surface area (Å²) < 4.78 is 15.1. The predicted molar refractivity (Wildman–Crippen MR) is 107 cm³/mol. The van der Waals surface area contributed by atoms with Crippen LogP contribution in [0.5, 0.6) is 0 Å². The van der Waals surface area contributed by atoms with Gasteiger partial charge in [-0.05, 0) is 29.9 Å². The average Bonchev–Trinajstić information content (AvgIpc) is 3.13. The highest BCUT2D eigenvalue weighted by Crippen LogP contribution is 2.19. The molecule has 136 valence electrons.